The standard InChI is InChI=1S/C20H21Cl2N5O/c1-12-17-18(22)16(20(28)24-14-5-3-13(21)4-6-14)11-23-19(17)27(25-12)15-7-9-26(2)10-8-15/h3-6,11,15H,7-10H2,1-2H3,(H,24,28). The maximum absolute atomic E-state index is 12.7. The average Bonchev–Trinajstić information content (AvgIpc) is 3.02. The van der Waals surface area contributed by atoms with Crippen molar-refractivity contribution < 1.29 is 4.79 Å². The summed E-state index contributed by atoms with van der Waals surface area (Å²) in [6.45, 7) is 3.96. The molecule has 3 aromatic rings. The van der Waals surface area contributed by atoms with E-state index in [0.29, 0.717) is 27.3 Å². The average molecular weight is 418 g/mol. The molecule has 0 bridgehead atoms. The van der Waals surface area contributed by atoms with Crippen LogP contribution in [0.4, 0.5) is 5.69 Å². The maximum atomic E-state index is 12.7. The number of anilines is 1. The molecule has 1 fully saturated rings. The lowest BCUT2D eigenvalue weighted by Crippen LogP contribution is -2.32. The summed E-state index contributed by atoms with van der Waals surface area (Å²) in [5, 5.41) is 9.26. The number of likely N-dealkylation sites (tertiary alicyclic amines) is 1. The maximum Gasteiger partial charge on any atom is 0.258 e. The van der Waals surface area contributed by atoms with Crippen molar-refractivity contribution in [2.24, 2.45) is 0 Å². The Labute approximate surface area is 173 Å². The van der Waals surface area contributed by atoms with Gasteiger partial charge in [0, 0.05) is 16.9 Å². The second kappa shape index (κ2) is 7.70. The first-order valence-electron chi connectivity index (χ1n) is 9.23. The Bertz CT molecular complexity index is 1020. The van der Waals surface area contributed by atoms with Gasteiger partial charge in [-0.15, -0.1) is 0 Å². The van der Waals surface area contributed by atoms with E-state index in [-0.39, 0.29) is 5.91 Å². The quantitative estimate of drug-likeness (QED) is 0.677. The third-order valence-corrected chi connectivity index (χ3v) is 5.86. The zero-order valence-corrected chi connectivity index (χ0v) is 17.3. The van der Waals surface area contributed by atoms with Gasteiger partial charge in [0.1, 0.15) is 0 Å². The molecule has 0 unspecified atom stereocenters. The Balaban J connectivity index is 1.66. The number of nitrogens with zero attached hydrogens (tertiary/aromatic N) is 4. The van der Waals surface area contributed by atoms with Gasteiger partial charge in [-0.25, -0.2) is 9.67 Å². The van der Waals surface area contributed by atoms with Crippen LogP contribution >= 0.6 is 23.2 Å². The third kappa shape index (κ3) is 3.60. The number of nitrogens with one attached hydrogen (secondary N) is 1. The van der Waals surface area contributed by atoms with Crippen LogP contribution in [0.5, 0.6) is 0 Å². The Hall–Kier alpha value is -2.15. The highest BCUT2D eigenvalue weighted by Crippen LogP contribution is 2.32. The molecule has 1 aromatic carbocycles. The fourth-order valence-electron chi connectivity index (χ4n) is 3.62. The minimum absolute atomic E-state index is 0.296. The van der Waals surface area contributed by atoms with Crippen LogP contribution < -0.4 is 5.32 Å². The number of aromatic nitrogens is 3. The number of amides is 1. The molecule has 1 saturated heterocycles. The first-order valence-corrected chi connectivity index (χ1v) is 9.98. The van der Waals surface area contributed by atoms with E-state index in [1.54, 1.807) is 24.3 Å². The van der Waals surface area contributed by atoms with Gasteiger partial charge in [-0.2, -0.15) is 5.10 Å². The van der Waals surface area contributed by atoms with E-state index >= 15 is 0 Å². The molecular formula is C20H21Cl2N5O. The molecule has 28 heavy (non-hydrogen) atoms. The van der Waals surface area contributed by atoms with E-state index in [9.17, 15) is 4.79 Å². The van der Waals surface area contributed by atoms with Crippen LogP contribution in [0.15, 0.2) is 30.5 Å². The minimum atomic E-state index is -0.312. The summed E-state index contributed by atoms with van der Waals surface area (Å²) in [6, 6.07) is 7.21. The van der Waals surface area contributed by atoms with Gasteiger partial charge >= 0.3 is 0 Å². The number of hydrogen-bond acceptors (Lipinski definition) is 4. The molecule has 2 aromatic heterocycles. The number of halogens is 2. The molecule has 146 valence electrons. The van der Waals surface area contributed by atoms with Crippen molar-refractivity contribution in [2.45, 2.75) is 25.8 Å². The predicted molar refractivity (Wildman–Crippen MR) is 112 cm³/mol. The molecule has 0 aliphatic carbocycles. The molecule has 0 radical (unpaired) electrons. The second-order valence-corrected chi connectivity index (χ2v) is 8.02. The number of carbonyl (C=O) groups excluding carboxylic acids is 1. The zero-order valence-electron chi connectivity index (χ0n) is 15.7. The topological polar surface area (TPSA) is 63.1 Å². The van der Waals surface area contributed by atoms with Crippen molar-refractivity contribution in [1.82, 2.24) is 19.7 Å². The minimum Gasteiger partial charge on any atom is -0.322 e. The summed E-state index contributed by atoms with van der Waals surface area (Å²) < 4.78 is 1.98. The molecule has 0 atom stereocenters. The molecule has 3 heterocycles. The van der Waals surface area contributed by atoms with E-state index in [1.165, 1.54) is 6.20 Å². The Morgan fingerprint density at radius 2 is 1.86 bits per heavy atom. The van der Waals surface area contributed by atoms with Crippen LogP contribution in [0.25, 0.3) is 11.0 Å². The summed E-state index contributed by atoms with van der Waals surface area (Å²) in [5.41, 5.74) is 2.49. The third-order valence-electron chi connectivity index (χ3n) is 5.21. The molecule has 0 spiro atoms. The van der Waals surface area contributed by atoms with E-state index in [0.717, 1.165) is 42.7 Å². The van der Waals surface area contributed by atoms with Gasteiger partial charge in [0.2, 0.25) is 0 Å². The summed E-state index contributed by atoms with van der Waals surface area (Å²) in [4.78, 5) is 19.6. The van der Waals surface area contributed by atoms with Gasteiger partial charge in [0.25, 0.3) is 5.91 Å². The van der Waals surface area contributed by atoms with E-state index in [2.05, 4.69) is 22.2 Å². The van der Waals surface area contributed by atoms with Crippen LogP contribution in [0.1, 0.15) is 34.9 Å². The van der Waals surface area contributed by atoms with Crippen molar-refractivity contribution >= 4 is 45.8 Å². The van der Waals surface area contributed by atoms with Crippen molar-refractivity contribution in [3.05, 3.63) is 51.8 Å². The number of carbonyl (C=O) groups is 1. The monoisotopic (exact) mass is 417 g/mol. The zero-order chi connectivity index (χ0) is 19.8. The largest absolute Gasteiger partial charge is 0.322 e. The molecular weight excluding hydrogens is 397 g/mol. The predicted octanol–water partition coefficient (Wildman–Crippen LogP) is 4.57. The highest BCUT2D eigenvalue weighted by molar-refractivity contribution is 6.39. The van der Waals surface area contributed by atoms with Gasteiger partial charge in [-0.05, 0) is 64.2 Å². The highest BCUT2D eigenvalue weighted by Gasteiger charge is 2.25. The van der Waals surface area contributed by atoms with Crippen LogP contribution in [0, 0.1) is 6.92 Å². The Kier molecular flexibility index (Phi) is 5.27. The highest BCUT2D eigenvalue weighted by atomic mass is 35.5. The lowest BCUT2D eigenvalue weighted by Gasteiger charge is -2.29. The second-order valence-electron chi connectivity index (χ2n) is 7.21. The molecule has 1 amide bonds. The molecule has 1 aliphatic rings. The number of fused-ring (bicyclic) bond motifs is 1. The summed E-state index contributed by atoms with van der Waals surface area (Å²) in [6.07, 6.45) is 3.57. The number of hydrogen-bond donors (Lipinski definition) is 1. The van der Waals surface area contributed by atoms with Gasteiger partial charge < -0.3 is 10.2 Å². The van der Waals surface area contributed by atoms with E-state index < -0.39 is 0 Å². The SMILES string of the molecule is Cc1nn(C2CCN(C)CC2)c2ncc(C(=O)Nc3ccc(Cl)cc3)c(Cl)c12. The summed E-state index contributed by atoms with van der Waals surface area (Å²) in [7, 11) is 2.13. The molecule has 0 saturated carbocycles. The Morgan fingerprint density at radius 3 is 2.54 bits per heavy atom. The molecule has 6 nitrogen and oxygen atoms in total. The molecule has 1 aliphatic heterocycles. The summed E-state index contributed by atoms with van der Waals surface area (Å²) in [5.74, 6) is -0.312. The first kappa shape index (κ1) is 19.2. The lowest BCUT2D eigenvalue weighted by atomic mass is 10.1. The Morgan fingerprint density at radius 1 is 1.18 bits per heavy atom. The fourth-order valence-corrected chi connectivity index (χ4v) is 4.10. The van der Waals surface area contributed by atoms with Crippen molar-refractivity contribution in [2.75, 3.05) is 25.5 Å². The molecule has 1 N–H and O–H groups in total. The van der Waals surface area contributed by atoms with Crippen LogP contribution in [0.3, 0.4) is 0 Å². The smallest absolute Gasteiger partial charge is 0.258 e. The van der Waals surface area contributed by atoms with Crippen molar-refractivity contribution in [1.29, 1.82) is 0 Å². The van der Waals surface area contributed by atoms with E-state index in [1.807, 2.05) is 11.6 Å². The first-order chi connectivity index (χ1) is 13.4. The van der Waals surface area contributed by atoms with Gasteiger partial charge in [0.15, 0.2) is 5.65 Å². The van der Waals surface area contributed by atoms with Crippen molar-refractivity contribution in [3.63, 3.8) is 0 Å². The van der Waals surface area contributed by atoms with Crippen LogP contribution in [-0.2, 0) is 0 Å². The van der Waals surface area contributed by atoms with Gasteiger partial charge in [-0.1, -0.05) is 23.2 Å². The number of pyridine rings is 1. The van der Waals surface area contributed by atoms with E-state index in [4.69, 9.17) is 28.3 Å². The number of rotatable bonds is 3. The van der Waals surface area contributed by atoms with Crippen LogP contribution in [0.2, 0.25) is 10.0 Å². The molecule has 4 rings (SSSR count). The fraction of sp³-hybridized carbons (Fsp3) is 0.350. The van der Waals surface area contributed by atoms with Crippen LogP contribution in [-0.4, -0.2) is 45.7 Å². The number of benzene rings is 1. The van der Waals surface area contributed by atoms with Gasteiger partial charge in [0.05, 0.1) is 27.7 Å². The number of aryl methyl sites for hydroxylation is 1. The summed E-state index contributed by atoms with van der Waals surface area (Å²) >= 11 is 12.5. The lowest BCUT2D eigenvalue weighted by molar-refractivity contribution is 0.102. The van der Waals surface area contributed by atoms with Crippen molar-refractivity contribution in [3.8, 4) is 0 Å². The number of piperidine rings is 1. The molecule has 8 heteroatoms. The van der Waals surface area contributed by atoms with Gasteiger partial charge in [-0.3, -0.25) is 4.79 Å². The normalized spacial score (nSPS) is 15.9.